The third kappa shape index (κ3) is 1.68. The van der Waals surface area contributed by atoms with E-state index in [0.29, 0.717) is 6.10 Å². The Kier molecular flexibility index (Phi) is 1.88. The van der Waals surface area contributed by atoms with Crippen molar-refractivity contribution >= 4 is 23.1 Å². The second kappa shape index (κ2) is 2.86. The first kappa shape index (κ1) is 6.57. The molecule has 1 aliphatic heterocycles. The van der Waals surface area contributed by atoms with Crippen molar-refractivity contribution in [2.45, 2.75) is 10.4 Å². The SMILES string of the molecule is c1nnc(SCC2CO2)s1. The molecule has 54 valence electrons. The standard InChI is InChI=1S/C5H6N2OS2/c1-4(8-1)2-9-5-7-6-3-10-5/h3-4H,1-2H2. The Morgan fingerprint density at radius 3 is 3.40 bits per heavy atom. The fourth-order valence-electron chi connectivity index (χ4n) is 0.554. The van der Waals surface area contributed by atoms with Crippen LogP contribution in [0.3, 0.4) is 0 Å². The maximum Gasteiger partial charge on any atom is 0.174 e. The summed E-state index contributed by atoms with van der Waals surface area (Å²) in [5.74, 6) is 1.02. The van der Waals surface area contributed by atoms with E-state index in [1.54, 1.807) is 28.6 Å². The molecule has 5 heteroatoms. The number of hydrogen-bond acceptors (Lipinski definition) is 5. The first-order chi connectivity index (χ1) is 4.95. The van der Waals surface area contributed by atoms with Gasteiger partial charge in [-0.2, -0.15) is 0 Å². The molecule has 0 bridgehead atoms. The van der Waals surface area contributed by atoms with E-state index in [-0.39, 0.29) is 0 Å². The van der Waals surface area contributed by atoms with E-state index in [2.05, 4.69) is 10.2 Å². The Bertz CT molecular complexity index is 197. The second-order valence-corrected chi connectivity index (χ2v) is 4.07. The molecule has 3 nitrogen and oxygen atoms in total. The summed E-state index contributed by atoms with van der Waals surface area (Å²) in [6, 6.07) is 0. The molecule has 2 heterocycles. The summed E-state index contributed by atoms with van der Waals surface area (Å²) in [4.78, 5) is 0. The smallest absolute Gasteiger partial charge is 0.174 e. The van der Waals surface area contributed by atoms with Crippen LogP contribution >= 0.6 is 23.1 Å². The molecule has 0 radical (unpaired) electrons. The van der Waals surface area contributed by atoms with Gasteiger partial charge in [-0.15, -0.1) is 10.2 Å². The van der Waals surface area contributed by atoms with E-state index in [0.717, 1.165) is 16.7 Å². The summed E-state index contributed by atoms with van der Waals surface area (Å²) in [5.41, 5.74) is 1.75. The minimum Gasteiger partial charge on any atom is -0.372 e. The minimum absolute atomic E-state index is 0.480. The van der Waals surface area contributed by atoms with Gasteiger partial charge >= 0.3 is 0 Å². The summed E-state index contributed by atoms with van der Waals surface area (Å²) in [6.07, 6.45) is 0.480. The molecule has 0 aliphatic carbocycles. The van der Waals surface area contributed by atoms with E-state index in [1.165, 1.54) is 0 Å². The predicted octanol–water partition coefficient (Wildman–Crippen LogP) is 1.03. The highest BCUT2D eigenvalue weighted by Gasteiger charge is 2.22. The molecular weight excluding hydrogens is 168 g/mol. The number of hydrogen-bond donors (Lipinski definition) is 0. The average molecular weight is 174 g/mol. The van der Waals surface area contributed by atoms with Crippen molar-refractivity contribution in [2.24, 2.45) is 0 Å². The van der Waals surface area contributed by atoms with Gasteiger partial charge in [0.2, 0.25) is 0 Å². The van der Waals surface area contributed by atoms with Crippen LogP contribution in [0.1, 0.15) is 0 Å². The molecule has 1 atom stereocenters. The maximum absolute atomic E-state index is 5.04. The fraction of sp³-hybridized carbons (Fsp3) is 0.600. The molecule has 0 N–H and O–H groups in total. The second-order valence-electron chi connectivity index (χ2n) is 1.97. The molecule has 10 heavy (non-hydrogen) atoms. The molecule has 1 aromatic heterocycles. The van der Waals surface area contributed by atoms with Crippen molar-refractivity contribution in [3.63, 3.8) is 0 Å². The molecule has 1 aromatic rings. The third-order valence-electron chi connectivity index (χ3n) is 1.14. The molecule has 1 aliphatic rings. The lowest BCUT2D eigenvalue weighted by molar-refractivity contribution is 0.426. The Labute approximate surface area is 66.8 Å². The highest BCUT2D eigenvalue weighted by atomic mass is 32.2. The van der Waals surface area contributed by atoms with Crippen molar-refractivity contribution in [1.29, 1.82) is 0 Å². The van der Waals surface area contributed by atoms with E-state index in [1.807, 2.05) is 0 Å². The van der Waals surface area contributed by atoms with Gasteiger partial charge in [-0.05, 0) is 0 Å². The van der Waals surface area contributed by atoms with Crippen molar-refractivity contribution in [3.8, 4) is 0 Å². The van der Waals surface area contributed by atoms with Crippen molar-refractivity contribution in [1.82, 2.24) is 10.2 Å². The molecular formula is C5H6N2OS2. The van der Waals surface area contributed by atoms with E-state index < -0.39 is 0 Å². The summed E-state index contributed by atoms with van der Waals surface area (Å²) < 4.78 is 6.08. The molecule has 0 amide bonds. The number of ether oxygens (including phenoxy) is 1. The largest absolute Gasteiger partial charge is 0.372 e. The Morgan fingerprint density at radius 1 is 1.90 bits per heavy atom. The van der Waals surface area contributed by atoms with Crippen LogP contribution in [0.5, 0.6) is 0 Å². The monoisotopic (exact) mass is 174 g/mol. The highest BCUT2D eigenvalue weighted by molar-refractivity contribution is 8.01. The molecule has 0 aromatic carbocycles. The maximum atomic E-state index is 5.04. The van der Waals surface area contributed by atoms with Crippen LogP contribution < -0.4 is 0 Å². The van der Waals surface area contributed by atoms with Crippen LogP contribution in [0.15, 0.2) is 9.85 Å². The lowest BCUT2D eigenvalue weighted by atomic mass is 10.6. The topological polar surface area (TPSA) is 38.3 Å². The predicted molar refractivity (Wildman–Crippen MR) is 40.4 cm³/mol. The van der Waals surface area contributed by atoms with Crippen LogP contribution in [0.4, 0.5) is 0 Å². The van der Waals surface area contributed by atoms with Gasteiger partial charge in [-0.1, -0.05) is 23.1 Å². The van der Waals surface area contributed by atoms with Gasteiger partial charge in [0.1, 0.15) is 5.51 Å². The summed E-state index contributed by atoms with van der Waals surface area (Å²) >= 11 is 3.30. The molecule has 2 rings (SSSR count). The first-order valence-electron chi connectivity index (χ1n) is 2.96. The zero-order valence-corrected chi connectivity index (χ0v) is 6.82. The van der Waals surface area contributed by atoms with Crippen LogP contribution in [0, 0.1) is 0 Å². The minimum atomic E-state index is 0.480. The number of nitrogens with zero attached hydrogens (tertiary/aromatic N) is 2. The first-order valence-corrected chi connectivity index (χ1v) is 4.82. The molecule has 1 unspecified atom stereocenters. The Balaban J connectivity index is 1.79. The average Bonchev–Trinajstić information content (AvgIpc) is 2.63. The van der Waals surface area contributed by atoms with Crippen molar-refractivity contribution in [3.05, 3.63) is 5.51 Å². The van der Waals surface area contributed by atoms with Crippen LogP contribution in [-0.4, -0.2) is 28.7 Å². The van der Waals surface area contributed by atoms with Crippen LogP contribution in [0.25, 0.3) is 0 Å². The molecule has 1 saturated heterocycles. The van der Waals surface area contributed by atoms with Gasteiger partial charge in [-0.3, -0.25) is 0 Å². The Hall–Kier alpha value is -0.130. The normalized spacial score (nSPS) is 23.0. The van der Waals surface area contributed by atoms with Crippen LogP contribution in [-0.2, 0) is 4.74 Å². The van der Waals surface area contributed by atoms with Gasteiger partial charge in [0, 0.05) is 5.75 Å². The van der Waals surface area contributed by atoms with Gasteiger partial charge in [-0.25, -0.2) is 0 Å². The van der Waals surface area contributed by atoms with E-state index in [4.69, 9.17) is 4.74 Å². The quantitative estimate of drug-likeness (QED) is 0.506. The summed E-state index contributed by atoms with van der Waals surface area (Å²) in [5, 5.41) is 7.62. The van der Waals surface area contributed by atoms with Crippen molar-refractivity contribution < 1.29 is 4.74 Å². The fourth-order valence-corrected chi connectivity index (χ4v) is 2.06. The van der Waals surface area contributed by atoms with E-state index in [9.17, 15) is 0 Å². The zero-order chi connectivity index (χ0) is 6.81. The number of thioether (sulfide) groups is 1. The van der Waals surface area contributed by atoms with Gasteiger partial charge in [0.05, 0.1) is 12.7 Å². The number of epoxide rings is 1. The van der Waals surface area contributed by atoms with Gasteiger partial charge in [0.15, 0.2) is 4.34 Å². The van der Waals surface area contributed by atoms with Crippen LogP contribution in [0.2, 0.25) is 0 Å². The molecule has 0 spiro atoms. The number of aromatic nitrogens is 2. The molecule has 0 saturated carbocycles. The lowest BCUT2D eigenvalue weighted by Gasteiger charge is -1.87. The van der Waals surface area contributed by atoms with Gasteiger partial charge < -0.3 is 4.74 Å². The van der Waals surface area contributed by atoms with E-state index >= 15 is 0 Å². The zero-order valence-electron chi connectivity index (χ0n) is 5.19. The summed E-state index contributed by atoms with van der Waals surface area (Å²) in [7, 11) is 0. The van der Waals surface area contributed by atoms with Crippen molar-refractivity contribution in [2.75, 3.05) is 12.4 Å². The van der Waals surface area contributed by atoms with Gasteiger partial charge in [0.25, 0.3) is 0 Å². The third-order valence-corrected chi connectivity index (χ3v) is 3.13. The Morgan fingerprint density at radius 2 is 2.80 bits per heavy atom. The number of rotatable bonds is 3. The lowest BCUT2D eigenvalue weighted by Crippen LogP contribution is -1.87. The molecule has 1 fully saturated rings. The summed E-state index contributed by atoms with van der Waals surface area (Å²) in [6.45, 7) is 0.922. The highest BCUT2D eigenvalue weighted by Crippen LogP contribution is 2.24.